The first-order chi connectivity index (χ1) is 7.74. The SMILES string of the molecule is Clc1ccc(C2=N[C@@H]3C=NN=C3S2)cc1Cl. The zero-order valence-corrected chi connectivity index (χ0v) is 10.2. The summed E-state index contributed by atoms with van der Waals surface area (Å²) in [6, 6.07) is 5.48. The summed E-state index contributed by atoms with van der Waals surface area (Å²) < 4.78 is 0. The standard InChI is InChI=1S/C10H5Cl2N3S/c11-6-2-1-5(3-7(6)12)9-14-8-4-13-15-10(8)16-9/h1-4,8H/t8-/m1/s1. The second kappa shape index (κ2) is 3.87. The minimum atomic E-state index is -0.00514. The van der Waals surface area contributed by atoms with Crippen molar-refractivity contribution >= 4 is 51.3 Å². The molecule has 0 spiro atoms. The lowest BCUT2D eigenvalue weighted by Crippen LogP contribution is -2.06. The average molecular weight is 270 g/mol. The van der Waals surface area contributed by atoms with E-state index in [4.69, 9.17) is 23.2 Å². The Hall–Kier alpha value is -0.840. The van der Waals surface area contributed by atoms with Gasteiger partial charge in [0.25, 0.3) is 0 Å². The number of hydrogen-bond acceptors (Lipinski definition) is 4. The van der Waals surface area contributed by atoms with E-state index in [2.05, 4.69) is 15.2 Å². The van der Waals surface area contributed by atoms with Crippen LogP contribution in [0, 0.1) is 0 Å². The van der Waals surface area contributed by atoms with Crippen molar-refractivity contribution in [3.8, 4) is 0 Å². The van der Waals surface area contributed by atoms with Crippen LogP contribution in [-0.4, -0.2) is 22.3 Å². The number of thioether (sulfide) groups is 1. The lowest BCUT2D eigenvalue weighted by Gasteiger charge is -2.01. The van der Waals surface area contributed by atoms with Gasteiger partial charge >= 0.3 is 0 Å². The van der Waals surface area contributed by atoms with E-state index in [0.717, 1.165) is 15.7 Å². The molecule has 0 amide bonds. The van der Waals surface area contributed by atoms with Gasteiger partial charge in [-0.05, 0) is 23.9 Å². The summed E-state index contributed by atoms with van der Waals surface area (Å²) in [5, 5.41) is 10.7. The Morgan fingerprint density at radius 1 is 1.19 bits per heavy atom. The Morgan fingerprint density at radius 2 is 2.06 bits per heavy atom. The predicted molar refractivity (Wildman–Crippen MR) is 70.3 cm³/mol. The smallest absolute Gasteiger partial charge is 0.138 e. The van der Waals surface area contributed by atoms with Gasteiger partial charge in [0.2, 0.25) is 0 Å². The van der Waals surface area contributed by atoms with Crippen molar-refractivity contribution in [3.63, 3.8) is 0 Å². The summed E-state index contributed by atoms with van der Waals surface area (Å²) in [5.74, 6) is 0. The fourth-order valence-corrected chi connectivity index (χ4v) is 2.69. The highest BCUT2D eigenvalue weighted by Gasteiger charge is 2.28. The van der Waals surface area contributed by atoms with Gasteiger partial charge in [0.05, 0.1) is 16.3 Å². The molecule has 0 N–H and O–H groups in total. The molecule has 0 bridgehead atoms. The summed E-state index contributed by atoms with van der Waals surface area (Å²) in [5.41, 5.74) is 0.963. The van der Waals surface area contributed by atoms with Crippen LogP contribution < -0.4 is 0 Å². The van der Waals surface area contributed by atoms with Crippen molar-refractivity contribution in [3.05, 3.63) is 33.8 Å². The first-order valence-corrected chi connectivity index (χ1v) is 6.13. The van der Waals surface area contributed by atoms with Gasteiger partial charge in [-0.2, -0.15) is 5.10 Å². The maximum absolute atomic E-state index is 5.96. The van der Waals surface area contributed by atoms with Crippen molar-refractivity contribution < 1.29 is 0 Å². The molecule has 2 heterocycles. The van der Waals surface area contributed by atoms with Crippen LogP contribution in [0.3, 0.4) is 0 Å². The van der Waals surface area contributed by atoms with E-state index >= 15 is 0 Å². The third-order valence-electron chi connectivity index (χ3n) is 2.24. The van der Waals surface area contributed by atoms with Crippen molar-refractivity contribution in [2.75, 3.05) is 0 Å². The van der Waals surface area contributed by atoms with Crippen molar-refractivity contribution in [2.24, 2.45) is 15.2 Å². The minimum absolute atomic E-state index is 0.00514. The average Bonchev–Trinajstić information content (AvgIpc) is 2.81. The van der Waals surface area contributed by atoms with Crippen molar-refractivity contribution in [1.29, 1.82) is 0 Å². The molecule has 2 aliphatic heterocycles. The maximum atomic E-state index is 5.96. The molecule has 1 aromatic carbocycles. The van der Waals surface area contributed by atoms with Gasteiger partial charge in [-0.25, -0.2) is 0 Å². The monoisotopic (exact) mass is 269 g/mol. The summed E-state index contributed by atoms with van der Waals surface area (Å²) in [6.45, 7) is 0. The van der Waals surface area contributed by atoms with Crippen LogP contribution in [-0.2, 0) is 0 Å². The summed E-state index contributed by atoms with van der Waals surface area (Å²) in [4.78, 5) is 4.49. The summed E-state index contributed by atoms with van der Waals surface area (Å²) in [7, 11) is 0. The molecule has 6 heteroatoms. The van der Waals surface area contributed by atoms with Crippen LogP contribution in [0.15, 0.2) is 33.4 Å². The topological polar surface area (TPSA) is 37.1 Å². The number of nitrogens with zero attached hydrogens (tertiary/aromatic N) is 3. The molecule has 0 aliphatic carbocycles. The first kappa shape index (κ1) is 10.3. The Kier molecular flexibility index (Phi) is 2.50. The maximum Gasteiger partial charge on any atom is 0.138 e. The molecule has 0 aromatic heterocycles. The third-order valence-corrected chi connectivity index (χ3v) is 4.05. The van der Waals surface area contributed by atoms with E-state index in [1.807, 2.05) is 12.1 Å². The van der Waals surface area contributed by atoms with Crippen molar-refractivity contribution in [2.45, 2.75) is 6.04 Å². The summed E-state index contributed by atoms with van der Waals surface area (Å²) >= 11 is 13.3. The molecule has 3 nitrogen and oxygen atoms in total. The second-order valence-electron chi connectivity index (χ2n) is 3.31. The Balaban J connectivity index is 1.97. The quantitative estimate of drug-likeness (QED) is 0.771. The molecule has 2 aliphatic rings. The van der Waals surface area contributed by atoms with Gasteiger partial charge in [-0.3, -0.25) is 4.99 Å². The number of rotatable bonds is 1. The van der Waals surface area contributed by atoms with E-state index < -0.39 is 0 Å². The van der Waals surface area contributed by atoms with E-state index in [0.29, 0.717) is 10.0 Å². The van der Waals surface area contributed by atoms with Gasteiger partial charge in [0, 0.05) is 5.56 Å². The van der Waals surface area contributed by atoms with E-state index in [1.165, 1.54) is 11.8 Å². The molecule has 0 radical (unpaired) electrons. The Morgan fingerprint density at radius 3 is 2.81 bits per heavy atom. The van der Waals surface area contributed by atoms with Crippen LogP contribution >= 0.6 is 35.0 Å². The number of aliphatic imine (C=N–C) groups is 1. The molecule has 0 fully saturated rings. The largest absolute Gasteiger partial charge is 0.261 e. The Bertz CT molecular complexity index is 551. The van der Waals surface area contributed by atoms with Crippen LogP contribution in [0.4, 0.5) is 0 Å². The summed E-state index contributed by atoms with van der Waals surface area (Å²) in [6.07, 6.45) is 1.73. The molecular weight excluding hydrogens is 265 g/mol. The third kappa shape index (κ3) is 1.67. The number of halogens is 2. The van der Waals surface area contributed by atoms with E-state index in [9.17, 15) is 0 Å². The van der Waals surface area contributed by atoms with E-state index in [1.54, 1.807) is 12.3 Å². The normalized spacial score (nSPS) is 22.0. The fraction of sp³-hybridized carbons (Fsp3) is 0.100. The van der Waals surface area contributed by atoms with Gasteiger partial charge < -0.3 is 0 Å². The highest BCUT2D eigenvalue weighted by Crippen LogP contribution is 2.30. The van der Waals surface area contributed by atoms with Crippen LogP contribution in [0.1, 0.15) is 5.56 Å². The molecule has 1 atom stereocenters. The molecule has 0 unspecified atom stereocenters. The highest BCUT2D eigenvalue weighted by atomic mass is 35.5. The molecular formula is C10H5Cl2N3S. The van der Waals surface area contributed by atoms with Crippen LogP contribution in [0.5, 0.6) is 0 Å². The molecule has 1 aromatic rings. The molecule has 80 valence electrons. The number of benzene rings is 1. The van der Waals surface area contributed by atoms with Crippen LogP contribution in [0.2, 0.25) is 10.0 Å². The lowest BCUT2D eigenvalue weighted by molar-refractivity contribution is 1.22. The number of fused-ring (bicyclic) bond motifs is 1. The lowest BCUT2D eigenvalue weighted by atomic mass is 10.2. The first-order valence-electron chi connectivity index (χ1n) is 4.56. The van der Waals surface area contributed by atoms with Gasteiger partial charge in [-0.15, -0.1) is 5.10 Å². The second-order valence-corrected chi connectivity index (χ2v) is 5.14. The fourth-order valence-electron chi connectivity index (χ4n) is 1.46. The zero-order chi connectivity index (χ0) is 11.1. The number of hydrogen-bond donors (Lipinski definition) is 0. The predicted octanol–water partition coefficient (Wildman–Crippen LogP) is 3.25. The molecule has 0 saturated heterocycles. The van der Waals surface area contributed by atoms with Crippen LogP contribution in [0.25, 0.3) is 0 Å². The molecule has 3 rings (SSSR count). The Labute approximate surface area is 106 Å². The molecule has 0 saturated carbocycles. The van der Waals surface area contributed by atoms with E-state index in [-0.39, 0.29) is 6.04 Å². The molecule has 16 heavy (non-hydrogen) atoms. The highest BCUT2D eigenvalue weighted by molar-refractivity contribution is 8.27. The van der Waals surface area contributed by atoms with Gasteiger partial charge in [-0.1, -0.05) is 29.3 Å². The zero-order valence-electron chi connectivity index (χ0n) is 7.89. The van der Waals surface area contributed by atoms with Crippen molar-refractivity contribution in [1.82, 2.24) is 0 Å². The van der Waals surface area contributed by atoms with Gasteiger partial charge in [0.15, 0.2) is 0 Å². The van der Waals surface area contributed by atoms with Gasteiger partial charge in [0.1, 0.15) is 16.1 Å². The minimum Gasteiger partial charge on any atom is -0.261 e.